The Hall–Kier alpha value is -1.37. The molecule has 0 aromatic heterocycles. The standard InChI is InChI=1S/C17H25ClFNO3.C5H12O.C2H6/c1-17(2,3)23-16(22)20(4)11-6-5-10-14(21)12-8-7-9-13(18)15(12)19;1-3-4-5-6-2;1-2/h7-9,14,21H,5-6,10-11H2,1-4H3;3-5H2,1-2H3;1-2H3. The van der Waals surface area contributed by atoms with Gasteiger partial charge in [-0.3, -0.25) is 0 Å². The highest BCUT2D eigenvalue weighted by atomic mass is 35.5. The van der Waals surface area contributed by atoms with E-state index in [1.54, 1.807) is 20.2 Å². The zero-order chi connectivity index (χ0) is 24.4. The summed E-state index contributed by atoms with van der Waals surface area (Å²) >= 11 is 5.70. The van der Waals surface area contributed by atoms with Gasteiger partial charge in [-0.25, -0.2) is 9.18 Å². The van der Waals surface area contributed by atoms with E-state index in [0.29, 0.717) is 25.8 Å². The van der Waals surface area contributed by atoms with E-state index in [1.807, 2.05) is 34.6 Å². The molecule has 0 saturated carbocycles. The van der Waals surface area contributed by atoms with Crippen molar-refractivity contribution in [3.05, 3.63) is 34.6 Å². The fourth-order valence-electron chi connectivity index (χ4n) is 2.34. The van der Waals surface area contributed by atoms with Crippen LogP contribution >= 0.6 is 11.6 Å². The number of nitrogens with zero attached hydrogens (tertiary/aromatic N) is 1. The molecule has 1 N–H and O–H groups in total. The molecule has 0 aliphatic heterocycles. The van der Waals surface area contributed by atoms with Crippen molar-refractivity contribution < 1.29 is 23.8 Å². The van der Waals surface area contributed by atoms with Gasteiger partial charge in [0.05, 0.1) is 11.1 Å². The molecule has 7 heteroatoms. The monoisotopic (exact) mass is 463 g/mol. The van der Waals surface area contributed by atoms with Crippen LogP contribution in [0.3, 0.4) is 0 Å². The summed E-state index contributed by atoms with van der Waals surface area (Å²) in [6.45, 7) is 13.0. The highest BCUT2D eigenvalue weighted by Gasteiger charge is 2.19. The second kappa shape index (κ2) is 18.2. The van der Waals surface area contributed by atoms with Gasteiger partial charge in [0.25, 0.3) is 0 Å². The van der Waals surface area contributed by atoms with Gasteiger partial charge >= 0.3 is 6.09 Å². The van der Waals surface area contributed by atoms with Crippen LogP contribution in [-0.2, 0) is 9.47 Å². The summed E-state index contributed by atoms with van der Waals surface area (Å²) in [4.78, 5) is 13.3. The molecule has 0 bridgehead atoms. The summed E-state index contributed by atoms with van der Waals surface area (Å²) < 4.78 is 23.8. The van der Waals surface area contributed by atoms with Gasteiger partial charge in [0, 0.05) is 32.9 Å². The molecular formula is C24H43ClFNO4. The number of carbonyl (C=O) groups excluding carboxylic acids is 1. The van der Waals surface area contributed by atoms with Crippen molar-refractivity contribution >= 4 is 17.7 Å². The SMILES string of the molecule is CC.CCCCOC.CN(CCCCC(O)c1cccc(Cl)c1F)C(=O)OC(C)(C)C. The summed E-state index contributed by atoms with van der Waals surface area (Å²) in [6.07, 6.45) is 2.89. The number of hydrogen-bond acceptors (Lipinski definition) is 4. The molecule has 1 aromatic rings. The van der Waals surface area contributed by atoms with Crippen LogP contribution in [0.25, 0.3) is 0 Å². The lowest BCUT2D eigenvalue weighted by atomic mass is 10.0. The van der Waals surface area contributed by atoms with Gasteiger partial charge in [-0.2, -0.15) is 0 Å². The maximum absolute atomic E-state index is 13.8. The number of benzene rings is 1. The Balaban J connectivity index is 0. The van der Waals surface area contributed by atoms with Crippen LogP contribution < -0.4 is 0 Å². The molecule has 1 unspecified atom stereocenters. The number of methoxy groups -OCH3 is 1. The Kier molecular flexibility index (Phi) is 18.7. The second-order valence-corrected chi connectivity index (χ2v) is 8.31. The minimum absolute atomic E-state index is 0.00575. The van der Waals surface area contributed by atoms with E-state index in [0.717, 1.165) is 6.61 Å². The van der Waals surface area contributed by atoms with Crippen molar-refractivity contribution in [1.82, 2.24) is 4.90 Å². The molecule has 0 heterocycles. The zero-order valence-corrected chi connectivity index (χ0v) is 21.4. The van der Waals surface area contributed by atoms with Crippen LogP contribution in [0, 0.1) is 5.82 Å². The van der Waals surface area contributed by atoms with E-state index in [9.17, 15) is 14.3 Å². The second-order valence-electron chi connectivity index (χ2n) is 7.90. The molecule has 0 spiro atoms. The van der Waals surface area contributed by atoms with Gasteiger partial charge < -0.3 is 19.5 Å². The first-order valence-electron chi connectivity index (χ1n) is 11.1. The fourth-order valence-corrected chi connectivity index (χ4v) is 2.52. The van der Waals surface area contributed by atoms with Gasteiger partial charge in [0.1, 0.15) is 11.4 Å². The third kappa shape index (κ3) is 16.0. The van der Waals surface area contributed by atoms with E-state index >= 15 is 0 Å². The Morgan fingerprint density at radius 3 is 2.32 bits per heavy atom. The predicted molar refractivity (Wildman–Crippen MR) is 127 cm³/mol. The Morgan fingerprint density at radius 2 is 1.84 bits per heavy atom. The van der Waals surface area contributed by atoms with Crippen molar-refractivity contribution in [1.29, 1.82) is 0 Å². The van der Waals surface area contributed by atoms with Gasteiger partial charge in [-0.1, -0.05) is 50.9 Å². The third-order valence-corrected chi connectivity index (χ3v) is 4.26. The summed E-state index contributed by atoms with van der Waals surface area (Å²) in [5.74, 6) is -0.576. The number of halogens is 2. The lowest BCUT2D eigenvalue weighted by molar-refractivity contribution is 0.0295. The van der Waals surface area contributed by atoms with Crippen LogP contribution in [0.15, 0.2) is 18.2 Å². The minimum atomic E-state index is -0.902. The van der Waals surface area contributed by atoms with Crippen LogP contribution in [0.5, 0.6) is 0 Å². The number of amides is 1. The van der Waals surface area contributed by atoms with E-state index in [1.165, 1.54) is 29.9 Å². The number of aliphatic hydroxyl groups is 1. The van der Waals surface area contributed by atoms with E-state index in [-0.39, 0.29) is 16.7 Å². The molecule has 1 rings (SSSR count). The molecule has 1 atom stereocenters. The lowest BCUT2D eigenvalue weighted by Gasteiger charge is -2.24. The Bertz CT molecular complexity index is 589. The molecule has 0 saturated heterocycles. The number of aliphatic hydroxyl groups excluding tert-OH is 1. The summed E-state index contributed by atoms with van der Waals surface area (Å²) in [5, 5.41) is 10.1. The van der Waals surface area contributed by atoms with E-state index in [4.69, 9.17) is 21.1 Å². The van der Waals surface area contributed by atoms with Gasteiger partial charge in [0.15, 0.2) is 0 Å². The number of carbonyl (C=O) groups is 1. The highest BCUT2D eigenvalue weighted by Crippen LogP contribution is 2.26. The first-order chi connectivity index (χ1) is 14.5. The molecule has 1 aromatic carbocycles. The molecule has 1 amide bonds. The maximum atomic E-state index is 13.8. The van der Waals surface area contributed by atoms with Crippen molar-refractivity contribution in [2.24, 2.45) is 0 Å². The highest BCUT2D eigenvalue weighted by molar-refractivity contribution is 6.30. The number of ether oxygens (including phenoxy) is 2. The van der Waals surface area contributed by atoms with Gasteiger partial charge in [-0.05, 0) is 52.5 Å². The molecule has 0 aliphatic rings. The van der Waals surface area contributed by atoms with Crippen molar-refractivity contribution in [3.8, 4) is 0 Å². The summed E-state index contributed by atoms with van der Waals surface area (Å²) in [6, 6.07) is 4.59. The molecule has 5 nitrogen and oxygen atoms in total. The molecular weight excluding hydrogens is 421 g/mol. The summed E-state index contributed by atoms with van der Waals surface area (Å²) in [5.41, 5.74) is -0.316. The van der Waals surface area contributed by atoms with Gasteiger partial charge in [0.2, 0.25) is 0 Å². The smallest absolute Gasteiger partial charge is 0.410 e. The molecule has 0 aliphatic carbocycles. The third-order valence-electron chi connectivity index (χ3n) is 3.97. The quantitative estimate of drug-likeness (QED) is 0.400. The minimum Gasteiger partial charge on any atom is -0.444 e. The number of hydrogen-bond donors (Lipinski definition) is 1. The van der Waals surface area contributed by atoms with E-state index < -0.39 is 17.5 Å². The maximum Gasteiger partial charge on any atom is 0.410 e. The van der Waals surface area contributed by atoms with Crippen molar-refractivity contribution in [3.63, 3.8) is 0 Å². The topological polar surface area (TPSA) is 59.0 Å². The van der Waals surface area contributed by atoms with Crippen LogP contribution in [0.4, 0.5) is 9.18 Å². The van der Waals surface area contributed by atoms with E-state index in [2.05, 4.69) is 6.92 Å². The number of unbranched alkanes of at least 4 members (excludes halogenated alkanes) is 2. The lowest BCUT2D eigenvalue weighted by Crippen LogP contribution is -2.34. The van der Waals surface area contributed by atoms with Crippen molar-refractivity contribution in [2.45, 2.75) is 85.4 Å². The van der Waals surface area contributed by atoms with Crippen LogP contribution in [-0.4, -0.2) is 49.0 Å². The average molecular weight is 464 g/mol. The normalized spacial score (nSPS) is 11.5. The predicted octanol–water partition coefficient (Wildman–Crippen LogP) is 7.01. The number of rotatable bonds is 9. The Morgan fingerprint density at radius 1 is 1.23 bits per heavy atom. The van der Waals surface area contributed by atoms with Crippen molar-refractivity contribution in [2.75, 3.05) is 27.3 Å². The van der Waals surface area contributed by atoms with Gasteiger partial charge in [-0.15, -0.1) is 0 Å². The molecule has 31 heavy (non-hydrogen) atoms. The Labute approximate surface area is 193 Å². The molecule has 182 valence electrons. The largest absolute Gasteiger partial charge is 0.444 e. The molecule has 0 radical (unpaired) electrons. The summed E-state index contributed by atoms with van der Waals surface area (Å²) in [7, 11) is 3.40. The average Bonchev–Trinajstić information content (AvgIpc) is 2.72. The first kappa shape index (κ1) is 31.8. The first-order valence-corrected chi connectivity index (χ1v) is 11.5. The zero-order valence-electron chi connectivity index (χ0n) is 20.6. The fraction of sp³-hybridized carbons (Fsp3) is 0.708. The van der Waals surface area contributed by atoms with Crippen LogP contribution in [0.2, 0.25) is 5.02 Å². The molecule has 0 fully saturated rings. The van der Waals surface area contributed by atoms with Crippen LogP contribution in [0.1, 0.15) is 85.3 Å².